The Balaban J connectivity index is 1.35. The molecule has 47 heavy (non-hydrogen) atoms. The third-order valence-electron chi connectivity index (χ3n) is 11.0. The lowest BCUT2D eigenvalue weighted by atomic mass is 9.52. The largest absolute Gasteiger partial charge is 0.236 e. The molecule has 0 unspecified atom stereocenters. The van der Waals surface area contributed by atoms with Crippen molar-refractivity contribution in [3.8, 4) is 32.8 Å². The van der Waals surface area contributed by atoms with E-state index in [0.29, 0.717) is 0 Å². The maximum atomic E-state index is 5.16. The van der Waals surface area contributed by atoms with E-state index >= 15 is 0 Å². The van der Waals surface area contributed by atoms with Gasteiger partial charge in [0.2, 0.25) is 0 Å². The number of benzene rings is 7. The van der Waals surface area contributed by atoms with Gasteiger partial charge in [-0.1, -0.05) is 146 Å². The summed E-state index contributed by atoms with van der Waals surface area (Å²) in [4.78, 5) is 5.16. The van der Waals surface area contributed by atoms with E-state index in [2.05, 4.69) is 164 Å². The minimum absolute atomic E-state index is 0.455. The summed E-state index contributed by atoms with van der Waals surface area (Å²) in [5, 5.41) is 1.06. The fourth-order valence-electron chi connectivity index (χ4n) is 9.37. The highest BCUT2D eigenvalue weighted by Gasteiger charge is 2.58. The van der Waals surface area contributed by atoms with Crippen LogP contribution in [0.1, 0.15) is 44.5 Å². The molecule has 0 aliphatic heterocycles. The van der Waals surface area contributed by atoms with Crippen LogP contribution in [-0.4, -0.2) is 4.98 Å². The van der Waals surface area contributed by atoms with Crippen LogP contribution in [0.2, 0.25) is 0 Å². The zero-order valence-electron chi connectivity index (χ0n) is 25.4. The van der Waals surface area contributed by atoms with E-state index in [0.717, 1.165) is 10.5 Å². The van der Waals surface area contributed by atoms with E-state index < -0.39 is 10.8 Å². The molecule has 3 aliphatic rings. The van der Waals surface area contributed by atoms with Crippen LogP contribution in [0, 0.1) is 0 Å². The first-order valence-corrected chi connectivity index (χ1v) is 17.1. The van der Waals surface area contributed by atoms with Crippen LogP contribution >= 0.6 is 11.3 Å². The summed E-state index contributed by atoms with van der Waals surface area (Å²) in [6.45, 7) is 0. The first-order chi connectivity index (χ1) is 23.3. The lowest BCUT2D eigenvalue weighted by molar-refractivity contribution is 0.633. The number of hydrogen-bond donors (Lipinski definition) is 0. The van der Waals surface area contributed by atoms with Crippen molar-refractivity contribution in [2.24, 2.45) is 0 Å². The van der Waals surface area contributed by atoms with Gasteiger partial charge in [0.1, 0.15) is 5.01 Å². The molecular formula is C45H27NS. The SMILES string of the molecule is c1ccc2c(c1)-c1ccccc1C21c2ccccc2C2(c3ccccc3-c3ccccc32)c2cc(-c3nc4ccccc4s3)ccc21. The summed E-state index contributed by atoms with van der Waals surface area (Å²) in [5.41, 5.74) is 17.4. The van der Waals surface area contributed by atoms with Crippen LogP contribution in [0.25, 0.3) is 43.0 Å². The molecule has 0 saturated heterocycles. The standard InChI is InChI=1S/C45H27NS/c1-5-17-33-29(13-1)30-14-2-6-18-34(30)44(33)37-21-9-10-22-38(37)45(35-19-7-3-15-31(35)32-16-4-8-20-36(32)45)40-27-28(25-26-39(40)44)43-46-41-23-11-12-24-42(41)47-43/h1-27H. The van der Waals surface area contributed by atoms with Crippen molar-refractivity contribution in [2.75, 3.05) is 0 Å². The van der Waals surface area contributed by atoms with E-state index in [4.69, 9.17) is 4.98 Å². The fraction of sp³-hybridized carbons (Fsp3) is 0.0444. The molecule has 1 aromatic heterocycles. The first-order valence-electron chi connectivity index (χ1n) is 16.3. The van der Waals surface area contributed by atoms with E-state index in [-0.39, 0.29) is 0 Å². The zero-order valence-corrected chi connectivity index (χ0v) is 26.3. The van der Waals surface area contributed by atoms with Gasteiger partial charge in [0, 0.05) is 5.56 Å². The highest BCUT2D eigenvalue weighted by Crippen LogP contribution is 2.67. The molecule has 0 atom stereocenters. The molecule has 0 fully saturated rings. The van der Waals surface area contributed by atoms with Gasteiger partial charge in [-0.25, -0.2) is 4.98 Å². The van der Waals surface area contributed by atoms with Crippen LogP contribution in [0.3, 0.4) is 0 Å². The van der Waals surface area contributed by atoms with E-state index in [1.54, 1.807) is 11.3 Å². The minimum Gasteiger partial charge on any atom is -0.236 e. The van der Waals surface area contributed by atoms with Crippen molar-refractivity contribution in [2.45, 2.75) is 10.8 Å². The second-order valence-electron chi connectivity index (χ2n) is 13.0. The predicted molar refractivity (Wildman–Crippen MR) is 193 cm³/mol. The first kappa shape index (κ1) is 25.6. The van der Waals surface area contributed by atoms with Gasteiger partial charge in [0.15, 0.2) is 0 Å². The molecule has 11 rings (SSSR count). The maximum Gasteiger partial charge on any atom is 0.124 e. The molecule has 3 aliphatic carbocycles. The second-order valence-corrected chi connectivity index (χ2v) is 14.0. The van der Waals surface area contributed by atoms with Gasteiger partial charge in [-0.15, -0.1) is 11.3 Å². The Morgan fingerprint density at radius 2 is 0.766 bits per heavy atom. The van der Waals surface area contributed by atoms with Gasteiger partial charge < -0.3 is 0 Å². The van der Waals surface area contributed by atoms with Gasteiger partial charge in [-0.2, -0.15) is 0 Å². The molecule has 0 radical (unpaired) electrons. The monoisotopic (exact) mass is 613 g/mol. The molecule has 1 heterocycles. The van der Waals surface area contributed by atoms with Gasteiger partial charge in [0.05, 0.1) is 21.0 Å². The molecule has 0 bridgehead atoms. The van der Waals surface area contributed by atoms with Crippen LogP contribution in [0.4, 0.5) is 0 Å². The van der Waals surface area contributed by atoms with Crippen molar-refractivity contribution in [1.82, 2.24) is 4.98 Å². The Morgan fingerprint density at radius 1 is 0.362 bits per heavy atom. The van der Waals surface area contributed by atoms with Gasteiger partial charge in [0.25, 0.3) is 0 Å². The van der Waals surface area contributed by atoms with Gasteiger partial charge in [-0.05, 0) is 85.0 Å². The summed E-state index contributed by atoms with van der Waals surface area (Å²) in [6.07, 6.45) is 0. The topological polar surface area (TPSA) is 12.9 Å². The Bertz CT molecular complexity index is 2480. The minimum atomic E-state index is -0.483. The van der Waals surface area contributed by atoms with Crippen molar-refractivity contribution < 1.29 is 0 Å². The van der Waals surface area contributed by atoms with Crippen molar-refractivity contribution >= 4 is 21.6 Å². The average Bonchev–Trinajstić information content (AvgIpc) is 3.80. The van der Waals surface area contributed by atoms with Crippen LogP contribution in [0.5, 0.6) is 0 Å². The summed E-state index contributed by atoms with van der Waals surface area (Å²) >= 11 is 1.78. The van der Waals surface area contributed by atoms with Crippen LogP contribution < -0.4 is 0 Å². The van der Waals surface area contributed by atoms with Gasteiger partial charge in [-0.3, -0.25) is 0 Å². The Labute approximate surface area is 277 Å². The van der Waals surface area contributed by atoms with E-state index in [9.17, 15) is 0 Å². The lowest BCUT2D eigenvalue weighted by Crippen LogP contribution is -2.43. The third kappa shape index (κ3) is 2.99. The third-order valence-corrected chi connectivity index (χ3v) is 12.1. The molecule has 2 heteroatoms. The number of aromatic nitrogens is 1. The lowest BCUT2D eigenvalue weighted by Gasteiger charge is -2.49. The molecule has 0 amide bonds. The predicted octanol–water partition coefficient (Wildman–Crippen LogP) is 11.0. The van der Waals surface area contributed by atoms with Crippen molar-refractivity contribution in [3.05, 3.63) is 208 Å². The van der Waals surface area contributed by atoms with Crippen LogP contribution in [-0.2, 0) is 10.8 Å². The van der Waals surface area contributed by atoms with Crippen LogP contribution in [0.15, 0.2) is 164 Å². The number of fused-ring (bicyclic) bond motifs is 17. The van der Waals surface area contributed by atoms with E-state index in [1.165, 1.54) is 77.0 Å². The quantitative estimate of drug-likeness (QED) is 0.179. The molecule has 218 valence electrons. The average molecular weight is 614 g/mol. The Hall–Kier alpha value is -5.57. The zero-order chi connectivity index (χ0) is 30.7. The second kappa shape index (κ2) is 9.03. The Kier molecular flexibility index (Phi) is 4.92. The smallest absolute Gasteiger partial charge is 0.124 e. The Morgan fingerprint density at radius 3 is 1.28 bits per heavy atom. The normalized spacial score (nSPS) is 15.1. The molecule has 7 aromatic carbocycles. The summed E-state index contributed by atoms with van der Waals surface area (Å²) in [7, 11) is 0. The molecule has 0 N–H and O–H groups in total. The van der Waals surface area contributed by atoms with Crippen molar-refractivity contribution in [1.29, 1.82) is 0 Å². The molecule has 2 spiro atoms. The number of para-hydroxylation sites is 1. The number of rotatable bonds is 1. The highest BCUT2D eigenvalue weighted by atomic mass is 32.1. The summed E-state index contributed by atoms with van der Waals surface area (Å²) in [6, 6.07) is 61.4. The molecule has 8 aromatic rings. The van der Waals surface area contributed by atoms with Crippen molar-refractivity contribution in [3.63, 3.8) is 0 Å². The number of nitrogens with zero attached hydrogens (tertiary/aromatic N) is 1. The number of hydrogen-bond acceptors (Lipinski definition) is 2. The summed E-state index contributed by atoms with van der Waals surface area (Å²) in [5.74, 6) is 0. The molecular weight excluding hydrogens is 587 g/mol. The van der Waals surface area contributed by atoms with Gasteiger partial charge >= 0.3 is 0 Å². The molecule has 1 nitrogen and oxygen atoms in total. The highest BCUT2D eigenvalue weighted by molar-refractivity contribution is 7.21. The van der Waals surface area contributed by atoms with E-state index in [1.807, 2.05) is 0 Å². The maximum absolute atomic E-state index is 5.16. The number of thiazole rings is 1. The fourth-order valence-corrected chi connectivity index (χ4v) is 10.3. The summed E-state index contributed by atoms with van der Waals surface area (Å²) < 4.78 is 1.21. The molecule has 0 saturated carbocycles.